The minimum Gasteiger partial charge on any atom is -0.381 e. The minimum absolute atomic E-state index is 0.0284. The molecule has 1 aromatic rings. The number of benzene rings is 1. The Bertz CT molecular complexity index is 822. The fraction of sp³-hybridized carbons (Fsp3) is 0.636. The minimum atomic E-state index is -4.51. The van der Waals surface area contributed by atoms with Crippen molar-refractivity contribution in [3.05, 3.63) is 34.9 Å². The number of nitrogens with zero attached hydrogens (tertiary/aromatic N) is 2. The number of alkyl halides is 3. The van der Waals surface area contributed by atoms with Crippen LogP contribution in [-0.2, 0) is 22.1 Å². The SMILES string of the molecule is O=C(CN1CCc2ccc(C(F)(F)F)cc2C1=O)NC1CCN(C2CCCOCC2)C1. The van der Waals surface area contributed by atoms with Crippen molar-refractivity contribution in [2.45, 2.75) is 50.4 Å². The zero-order valence-electron chi connectivity index (χ0n) is 17.4. The number of amides is 2. The zero-order chi connectivity index (χ0) is 22.0. The van der Waals surface area contributed by atoms with E-state index in [2.05, 4.69) is 10.2 Å². The zero-order valence-corrected chi connectivity index (χ0v) is 17.4. The predicted octanol–water partition coefficient (Wildman–Crippen LogP) is 2.46. The molecule has 0 aliphatic carbocycles. The van der Waals surface area contributed by atoms with Gasteiger partial charge in [0.05, 0.1) is 12.1 Å². The van der Waals surface area contributed by atoms with Gasteiger partial charge in [0.25, 0.3) is 5.91 Å². The largest absolute Gasteiger partial charge is 0.416 e. The Morgan fingerprint density at radius 2 is 2.00 bits per heavy atom. The van der Waals surface area contributed by atoms with Gasteiger partial charge in [-0.3, -0.25) is 14.5 Å². The lowest BCUT2D eigenvalue weighted by atomic mass is 9.96. The molecule has 3 aliphatic heterocycles. The van der Waals surface area contributed by atoms with Crippen molar-refractivity contribution >= 4 is 11.8 Å². The number of halogens is 3. The molecule has 1 aromatic carbocycles. The summed E-state index contributed by atoms with van der Waals surface area (Å²) >= 11 is 0. The van der Waals surface area contributed by atoms with E-state index < -0.39 is 17.6 Å². The number of hydrogen-bond donors (Lipinski definition) is 1. The van der Waals surface area contributed by atoms with Crippen molar-refractivity contribution in [3.63, 3.8) is 0 Å². The van der Waals surface area contributed by atoms with Gasteiger partial charge in [-0.05, 0) is 49.8 Å². The fourth-order valence-electron chi connectivity index (χ4n) is 4.78. The van der Waals surface area contributed by atoms with Gasteiger partial charge in [0.2, 0.25) is 5.91 Å². The van der Waals surface area contributed by atoms with E-state index >= 15 is 0 Å². The van der Waals surface area contributed by atoms with Crippen molar-refractivity contribution in [2.75, 3.05) is 39.4 Å². The molecule has 2 fully saturated rings. The van der Waals surface area contributed by atoms with Gasteiger partial charge >= 0.3 is 6.18 Å². The molecule has 6 nitrogen and oxygen atoms in total. The number of fused-ring (bicyclic) bond motifs is 1. The lowest BCUT2D eigenvalue weighted by molar-refractivity contribution is -0.137. The van der Waals surface area contributed by atoms with Crippen LogP contribution in [0.4, 0.5) is 13.2 Å². The number of carbonyl (C=O) groups is 2. The Hall–Kier alpha value is -2.13. The third-order valence-electron chi connectivity index (χ3n) is 6.46. The molecule has 0 bridgehead atoms. The molecule has 170 valence electrons. The van der Waals surface area contributed by atoms with E-state index in [0.29, 0.717) is 24.6 Å². The maximum atomic E-state index is 13.0. The Labute approximate surface area is 179 Å². The number of ether oxygens (including phenoxy) is 1. The summed E-state index contributed by atoms with van der Waals surface area (Å²) in [4.78, 5) is 29.0. The summed E-state index contributed by atoms with van der Waals surface area (Å²) in [6, 6.07) is 3.76. The third-order valence-corrected chi connectivity index (χ3v) is 6.46. The van der Waals surface area contributed by atoms with Gasteiger partial charge in [-0.25, -0.2) is 0 Å². The summed E-state index contributed by atoms with van der Waals surface area (Å²) in [7, 11) is 0. The van der Waals surface area contributed by atoms with Crippen LogP contribution >= 0.6 is 0 Å². The lowest BCUT2D eigenvalue weighted by Crippen LogP contribution is -2.47. The molecule has 0 saturated carbocycles. The Balaban J connectivity index is 1.32. The molecule has 9 heteroatoms. The van der Waals surface area contributed by atoms with Gasteiger partial charge in [-0.1, -0.05) is 6.07 Å². The standard InChI is InChI=1S/C22H28F3N3O3/c23-22(24,25)16-4-3-15-5-8-28(21(30)19(15)12-16)14-20(29)26-17-6-9-27(13-17)18-2-1-10-31-11-7-18/h3-4,12,17-18H,1-2,5-11,13-14H2,(H,26,29). The molecular formula is C22H28F3N3O3. The Morgan fingerprint density at radius 1 is 1.16 bits per heavy atom. The highest BCUT2D eigenvalue weighted by Gasteiger charge is 2.34. The number of hydrogen-bond acceptors (Lipinski definition) is 4. The maximum Gasteiger partial charge on any atom is 0.416 e. The first-order valence-electron chi connectivity index (χ1n) is 10.9. The first kappa shape index (κ1) is 22.1. The van der Waals surface area contributed by atoms with Crippen LogP contribution in [0.1, 0.15) is 47.2 Å². The van der Waals surface area contributed by atoms with Gasteiger partial charge in [-0.15, -0.1) is 0 Å². The van der Waals surface area contributed by atoms with Crippen LogP contribution in [0.3, 0.4) is 0 Å². The smallest absolute Gasteiger partial charge is 0.381 e. The van der Waals surface area contributed by atoms with E-state index in [4.69, 9.17) is 4.74 Å². The second-order valence-corrected chi connectivity index (χ2v) is 8.59. The molecule has 0 radical (unpaired) electrons. The number of rotatable bonds is 4. The molecule has 3 heterocycles. The Morgan fingerprint density at radius 3 is 2.81 bits per heavy atom. The molecule has 1 N–H and O–H groups in total. The first-order valence-corrected chi connectivity index (χ1v) is 10.9. The van der Waals surface area contributed by atoms with Crippen molar-refractivity contribution in [3.8, 4) is 0 Å². The van der Waals surface area contributed by atoms with Gasteiger partial charge in [0.1, 0.15) is 0 Å². The summed E-state index contributed by atoms with van der Waals surface area (Å²) < 4.78 is 44.5. The van der Waals surface area contributed by atoms with Crippen molar-refractivity contribution in [1.82, 2.24) is 15.1 Å². The van der Waals surface area contributed by atoms with E-state index in [1.165, 1.54) is 11.0 Å². The van der Waals surface area contributed by atoms with Gasteiger partial charge < -0.3 is 15.0 Å². The van der Waals surface area contributed by atoms with Crippen molar-refractivity contribution in [2.24, 2.45) is 0 Å². The molecule has 0 spiro atoms. The second-order valence-electron chi connectivity index (χ2n) is 8.59. The topological polar surface area (TPSA) is 61.9 Å². The van der Waals surface area contributed by atoms with Crippen molar-refractivity contribution < 1.29 is 27.5 Å². The molecule has 2 unspecified atom stereocenters. The van der Waals surface area contributed by atoms with Crippen LogP contribution < -0.4 is 5.32 Å². The average molecular weight is 439 g/mol. The van der Waals surface area contributed by atoms with Crippen LogP contribution in [0.5, 0.6) is 0 Å². The molecule has 0 aromatic heterocycles. The van der Waals surface area contributed by atoms with E-state index in [-0.39, 0.29) is 24.1 Å². The molecule has 31 heavy (non-hydrogen) atoms. The molecule has 2 atom stereocenters. The van der Waals surface area contributed by atoms with Crippen LogP contribution in [-0.4, -0.2) is 73.1 Å². The van der Waals surface area contributed by atoms with E-state index in [9.17, 15) is 22.8 Å². The average Bonchev–Trinajstić information content (AvgIpc) is 3.01. The highest BCUT2D eigenvalue weighted by atomic mass is 19.4. The van der Waals surface area contributed by atoms with E-state index in [0.717, 1.165) is 64.1 Å². The molecule has 2 saturated heterocycles. The quantitative estimate of drug-likeness (QED) is 0.783. The second kappa shape index (κ2) is 9.16. The van der Waals surface area contributed by atoms with Gasteiger partial charge in [-0.2, -0.15) is 13.2 Å². The predicted molar refractivity (Wildman–Crippen MR) is 108 cm³/mol. The van der Waals surface area contributed by atoms with Gasteiger partial charge in [0, 0.05) is 50.5 Å². The molecule has 3 aliphatic rings. The lowest BCUT2D eigenvalue weighted by Gasteiger charge is -2.29. The number of likely N-dealkylation sites (tertiary alicyclic amines) is 1. The summed E-state index contributed by atoms with van der Waals surface area (Å²) in [5.74, 6) is -0.783. The van der Waals surface area contributed by atoms with E-state index in [1.54, 1.807) is 0 Å². The molecule has 4 rings (SSSR count). The Kier molecular flexibility index (Phi) is 6.52. The summed E-state index contributed by atoms with van der Waals surface area (Å²) in [5.41, 5.74) is -0.217. The first-order chi connectivity index (χ1) is 14.8. The summed E-state index contributed by atoms with van der Waals surface area (Å²) in [6.07, 6.45) is -0.0631. The van der Waals surface area contributed by atoms with Crippen LogP contribution in [0.15, 0.2) is 18.2 Å². The third kappa shape index (κ3) is 5.20. The number of nitrogens with one attached hydrogen (secondary N) is 1. The van der Waals surface area contributed by atoms with Crippen LogP contribution in [0.25, 0.3) is 0 Å². The number of carbonyl (C=O) groups excluding carboxylic acids is 2. The highest BCUT2D eigenvalue weighted by Crippen LogP contribution is 2.32. The molecule has 2 amide bonds. The monoisotopic (exact) mass is 439 g/mol. The van der Waals surface area contributed by atoms with Crippen LogP contribution in [0, 0.1) is 0 Å². The summed E-state index contributed by atoms with van der Waals surface area (Å²) in [6.45, 7) is 3.47. The fourth-order valence-corrected chi connectivity index (χ4v) is 4.78. The highest BCUT2D eigenvalue weighted by molar-refractivity contribution is 5.99. The summed E-state index contributed by atoms with van der Waals surface area (Å²) in [5, 5.41) is 3.01. The normalized spacial score (nSPS) is 25.3. The van der Waals surface area contributed by atoms with Crippen molar-refractivity contribution in [1.29, 1.82) is 0 Å². The molecular weight excluding hydrogens is 411 g/mol. The van der Waals surface area contributed by atoms with Crippen LogP contribution in [0.2, 0.25) is 0 Å². The van der Waals surface area contributed by atoms with E-state index in [1.807, 2.05) is 0 Å². The maximum absolute atomic E-state index is 13.0. The van der Waals surface area contributed by atoms with Gasteiger partial charge in [0.15, 0.2) is 0 Å².